The van der Waals surface area contributed by atoms with Gasteiger partial charge in [-0.15, -0.1) is 0 Å². The van der Waals surface area contributed by atoms with Gasteiger partial charge >= 0.3 is 0 Å². The molecule has 7 nitrogen and oxygen atoms in total. The maximum absolute atomic E-state index is 12.8. The van der Waals surface area contributed by atoms with E-state index in [1.54, 1.807) is 6.07 Å². The largest absolute Gasteiger partial charge is 0.299 e. The molecule has 0 amide bonds. The first-order valence-electron chi connectivity index (χ1n) is 11.1. The van der Waals surface area contributed by atoms with Gasteiger partial charge in [0.05, 0.1) is 9.82 Å². The summed E-state index contributed by atoms with van der Waals surface area (Å²) >= 11 is 0. The van der Waals surface area contributed by atoms with Gasteiger partial charge in [-0.1, -0.05) is 19.1 Å². The average molecular weight is 455 g/mol. The topological polar surface area (TPSA) is 106 Å². The number of rotatable bonds is 4. The van der Waals surface area contributed by atoms with Gasteiger partial charge in [-0.25, -0.2) is 8.42 Å². The molecule has 0 spiro atoms. The normalized spacial score (nSPS) is 29.0. The molecule has 32 heavy (non-hydrogen) atoms. The SMILES string of the molecule is C[C@]12CC[C@@H]3c4ccc(NS(=O)(=O)c5cccc([N+](=O)[O-])c5)cc4CC[C@H]3[C@@H]1CCC2=O. The van der Waals surface area contributed by atoms with E-state index in [0.29, 0.717) is 35.6 Å². The molecule has 0 unspecified atom stereocenters. The number of carbonyl (C=O) groups is 1. The third kappa shape index (κ3) is 3.32. The third-order valence-electron chi connectivity index (χ3n) is 8.03. The Kier molecular flexibility index (Phi) is 4.89. The van der Waals surface area contributed by atoms with Gasteiger partial charge in [0, 0.05) is 29.7 Å². The predicted octanol–water partition coefficient (Wildman–Crippen LogP) is 4.82. The summed E-state index contributed by atoms with van der Waals surface area (Å²) in [5.41, 5.74) is 2.47. The lowest BCUT2D eigenvalue weighted by Gasteiger charge is -2.48. The first-order valence-corrected chi connectivity index (χ1v) is 12.6. The van der Waals surface area contributed by atoms with Crippen molar-refractivity contribution in [2.45, 2.75) is 56.3 Å². The van der Waals surface area contributed by atoms with E-state index in [4.69, 9.17) is 0 Å². The fraction of sp³-hybridized carbons (Fsp3) is 0.458. The quantitative estimate of drug-likeness (QED) is 0.526. The first kappa shape index (κ1) is 21.1. The highest BCUT2D eigenvalue weighted by molar-refractivity contribution is 7.92. The van der Waals surface area contributed by atoms with Crippen molar-refractivity contribution in [3.8, 4) is 0 Å². The Labute approximate surface area is 187 Å². The van der Waals surface area contributed by atoms with E-state index in [0.717, 1.165) is 43.7 Å². The summed E-state index contributed by atoms with van der Waals surface area (Å²) in [6.07, 6.45) is 5.51. The molecular weight excluding hydrogens is 428 g/mol. The van der Waals surface area contributed by atoms with Crippen LogP contribution in [0.2, 0.25) is 0 Å². The minimum atomic E-state index is -3.94. The van der Waals surface area contributed by atoms with Gasteiger partial charge in [0.1, 0.15) is 5.78 Å². The van der Waals surface area contributed by atoms with Crippen LogP contribution in [0.5, 0.6) is 0 Å². The molecule has 2 aromatic rings. The van der Waals surface area contributed by atoms with Gasteiger partial charge in [0.15, 0.2) is 0 Å². The van der Waals surface area contributed by atoms with Gasteiger partial charge < -0.3 is 0 Å². The molecule has 0 aromatic heterocycles. The summed E-state index contributed by atoms with van der Waals surface area (Å²) in [6, 6.07) is 10.7. The van der Waals surface area contributed by atoms with Crippen molar-refractivity contribution >= 4 is 27.2 Å². The summed E-state index contributed by atoms with van der Waals surface area (Å²) in [5.74, 6) is 1.82. The second-order valence-corrected chi connectivity index (χ2v) is 11.3. The molecule has 3 aliphatic rings. The van der Waals surface area contributed by atoms with E-state index in [2.05, 4.69) is 11.6 Å². The molecule has 0 radical (unpaired) electrons. The van der Waals surface area contributed by atoms with Crippen LogP contribution in [0.3, 0.4) is 0 Å². The number of anilines is 1. The van der Waals surface area contributed by atoms with E-state index in [-0.39, 0.29) is 16.0 Å². The Hall–Kier alpha value is -2.74. The van der Waals surface area contributed by atoms with Crippen LogP contribution in [0.25, 0.3) is 0 Å². The molecule has 1 N–H and O–H groups in total. The Bertz CT molecular complexity index is 1220. The Morgan fingerprint density at radius 2 is 1.91 bits per heavy atom. The standard InChI is InChI=1S/C24H26N2O5S/c1-24-12-11-20-19-8-6-16(13-15(19)5-7-21(20)22(24)9-10-23(24)27)25-32(30,31)18-4-2-3-17(14-18)26(28)29/h2-4,6,8,13-14,20-22,25H,5,7,9-12H2,1H3/t20-,21-,22+,24+/m1/s1. The number of nitrogens with zero attached hydrogens (tertiary/aromatic N) is 1. The summed E-state index contributed by atoms with van der Waals surface area (Å²) in [4.78, 5) is 22.7. The summed E-state index contributed by atoms with van der Waals surface area (Å²) in [7, 11) is -3.94. The van der Waals surface area contributed by atoms with Crippen LogP contribution in [0.1, 0.15) is 56.1 Å². The molecule has 168 valence electrons. The van der Waals surface area contributed by atoms with Crippen LogP contribution in [0.4, 0.5) is 11.4 Å². The molecule has 4 atom stereocenters. The van der Waals surface area contributed by atoms with Crippen LogP contribution in [-0.4, -0.2) is 19.1 Å². The van der Waals surface area contributed by atoms with E-state index >= 15 is 0 Å². The van der Waals surface area contributed by atoms with Gasteiger partial charge in [-0.05, 0) is 79.2 Å². The zero-order chi connectivity index (χ0) is 22.7. The van der Waals surface area contributed by atoms with E-state index in [1.807, 2.05) is 12.1 Å². The highest BCUT2D eigenvalue weighted by Crippen LogP contribution is 2.59. The maximum atomic E-state index is 12.8. The Morgan fingerprint density at radius 1 is 1.09 bits per heavy atom. The monoisotopic (exact) mass is 454 g/mol. The molecule has 2 aromatic carbocycles. The maximum Gasteiger partial charge on any atom is 0.270 e. The molecule has 0 saturated heterocycles. The minimum Gasteiger partial charge on any atom is -0.299 e. The van der Waals surface area contributed by atoms with Crippen LogP contribution >= 0.6 is 0 Å². The number of benzene rings is 2. The van der Waals surface area contributed by atoms with Crippen molar-refractivity contribution in [1.82, 2.24) is 0 Å². The fourth-order valence-electron chi connectivity index (χ4n) is 6.40. The predicted molar refractivity (Wildman–Crippen MR) is 120 cm³/mol. The molecule has 2 fully saturated rings. The Balaban J connectivity index is 1.40. The number of aryl methyl sites for hydroxylation is 1. The molecule has 0 heterocycles. The first-order chi connectivity index (χ1) is 15.2. The molecule has 0 bridgehead atoms. The number of carbonyl (C=O) groups excluding carboxylic acids is 1. The number of sulfonamides is 1. The number of ketones is 1. The number of nitrogens with one attached hydrogen (secondary N) is 1. The van der Waals surface area contributed by atoms with Crippen molar-refractivity contribution in [1.29, 1.82) is 0 Å². The lowest BCUT2D eigenvalue weighted by molar-refractivity contribution is -0.385. The lowest BCUT2D eigenvalue weighted by Crippen LogP contribution is -2.42. The minimum absolute atomic E-state index is 0.137. The summed E-state index contributed by atoms with van der Waals surface area (Å²) < 4.78 is 28.2. The molecule has 2 saturated carbocycles. The number of hydrogen-bond donors (Lipinski definition) is 1. The van der Waals surface area contributed by atoms with Gasteiger partial charge in [-0.2, -0.15) is 0 Å². The van der Waals surface area contributed by atoms with Crippen molar-refractivity contribution in [2.75, 3.05) is 4.72 Å². The number of nitro groups is 1. The van der Waals surface area contributed by atoms with E-state index in [9.17, 15) is 23.3 Å². The highest BCUT2D eigenvalue weighted by Gasteiger charge is 2.54. The van der Waals surface area contributed by atoms with Crippen LogP contribution in [0.15, 0.2) is 47.4 Å². The smallest absolute Gasteiger partial charge is 0.270 e. The lowest BCUT2D eigenvalue weighted by atomic mass is 9.55. The van der Waals surface area contributed by atoms with Crippen molar-refractivity contribution in [3.63, 3.8) is 0 Å². The molecule has 0 aliphatic heterocycles. The van der Waals surface area contributed by atoms with Gasteiger partial charge in [-0.3, -0.25) is 19.6 Å². The second kappa shape index (κ2) is 7.40. The highest BCUT2D eigenvalue weighted by atomic mass is 32.2. The zero-order valence-corrected chi connectivity index (χ0v) is 18.7. The van der Waals surface area contributed by atoms with Crippen LogP contribution in [-0.2, 0) is 21.2 Å². The number of nitro benzene ring substituents is 1. The average Bonchev–Trinajstić information content (AvgIpc) is 3.08. The van der Waals surface area contributed by atoms with Gasteiger partial charge in [0.2, 0.25) is 0 Å². The van der Waals surface area contributed by atoms with Crippen LogP contribution < -0.4 is 4.72 Å². The number of Topliss-reactive ketones (excluding diaryl/α,β-unsaturated/α-hetero) is 1. The molecule has 8 heteroatoms. The van der Waals surface area contributed by atoms with Crippen molar-refractivity contribution < 1.29 is 18.1 Å². The number of hydrogen-bond acceptors (Lipinski definition) is 5. The summed E-state index contributed by atoms with van der Waals surface area (Å²) in [6.45, 7) is 2.16. The van der Waals surface area contributed by atoms with E-state index < -0.39 is 14.9 Å². The van der Waals surface area contributed by atoms with Gasteiger partial charge in [0.25, 0.3) is 15.7 Å². The molecular formula is C24H26N2O5S. The van der Waals surface area contributed by atoms with Crippen molar-refractivity contribution in [2.24, 2.45) is 17.3 Å². The van der Waals surface area contributed by atoms with E-state index in [1.165, 1.54) is 23.8 Å². The van der Waals surface area contributed by atoms with Crippen LogP contribution in [0, 0.1) is 27.4 Å². The number of non-ortho nitro benzene ring substituents is 1. The second-order valence-electron chi connectivity index (χ2n) is 9.61. The fourth-order valence-corrected chi connectivity index (χ4v) is 7.48. The third-order valence-corrected chi connectivity index (χ3v) is 9.41. The molecule has 5 rings (SSSR count). The zero-order valence-electron chi connectivity index (χ0n) is 17.9. The summed E-state index contributed by atoms with van der Waals surface area (Å²) in [5, 5.41) is 11.0. The molecule has 3 aliphatic carbocycles. The van der Waals surface area contributed by atoms with Crippen molar-refractivity contribution in [3.05, 3.63) is 63.7 Å². The number of fused-ring (bicyclic) bond motifs is 5. The Morgan fingerprint density at radius 3 is 2.69 bits per heavy atom.